The third kappa shape index (κ3) is 2.23. The second-order valence-corrected chi connectivity index (χ2v) is 5.38. The predicted molar refractivity (Wildman–Crippen MR) is 83.6 cm³/mol. The zero-order valence-electron chi connectivity index (χ0n) is 12.0. The van der Waals surface area contributed by atoms with Gasteiger partial charge < -0.3 is 4.98 Å². The van der Waals surface area contributed by atoms with Crippen LogP contribution in [-0.2, 0) is 6.54 Å². The predicted octanol–water partition coefficient (Wildman–Crippen LogP) is 2.23. The molecule has 0 fully saturated rings. The molecule has 7 heteroatoms. The van der Waals surface area contributed by atoms with Crippen LogP contribution >= 0.6 is 11.8 Å². The summed E-state index contributed by atoms with van der Waals surface area (Å²) in [5.41, 5.74) is 2.78. The van der Waals surface area contributed by atoms with Gasteiger partial charge in [0.2, 0.25) is 0 Å². The first-order valence-electron chi connectivity index (χ1n) is 6.60. The van der Waals surface area contributed by atoms with E-state index in [9.17, 15) is 4.79 Å². The van der Waals surface area contributed by atoms with Crippen molar-refractivity contribution < 1.29 is 0 Å². The Hall–Kier alpha value is -2.15. The van der Waals surface area contributed by atoms with Crippen LogP contribution in [-0.4, -0.2) is 30.8 Å². The highest BCUT2D eigenvalue weighted by molar-refractivity contribution is 7.98. The zero-order chi connectivity index (χ0) is 15.0. The van der Waals surface area contributed by atoms with Crippen LogP contribution in [0.3, 0.4) is 0 Å². The first-order chi connectivity index (χ1) is 10.2. The third-order valence-corrected chi connectivity index (χ3v) is 3.95. The van der Waals surface area contributed by atoms with Crippen LogP contribution < -0.4 is 5.56 Å². The van der Waals surface area contributed by atoms with Crippen molar-refractivity contribution in [2.75, 3.05) is 6.26 Å². The summed E-state index contributed by atoms with van der Waals surface area (Å²) in [5, 5.41) is 1.56. The molecule has 3 aromatic rings. The molecule has 0 aromatic carbocycles. The van der Waals surface area contributed by atoms with E-state index in [0.717, 1.165) is 11.1 Å². The van der Waals surface area contributed by atoms with E-state index in [2.05, 4.69) is 19.9 Å². The molecule has 0 aliphatic rings. The van der Waals surface area contributed by atoms with Crippen molar-refractivity contribution in [2.24, 2.45) is 0 Å². The highest BCUT2D eigenvalue weighted by Crippen LogP contribution is 2.22. The standard InChI is InChI=1S/C14H15N5OS/c1-4-19-12-9(8(2)17-14(18-12)21-3)5-10(13(19)20)11-6-15-7-16-11/h5-7H,4H2,1-3H3,(H,15,16). The van der Waals surface area contributed by atoms with Crippen molar-refractivity contribution in [3.05, 3.63) is 34.6 Å². The molecule has 108 valence electrons. The number of aromatic nitrogens is 5. The lowest BCUT2D eigenvalue weighted by molar-refractivity contribution is 0.741. The van der Waals surface area contributed by atoms with Gasteiger partial charge in [-0.05, 0) is 26.2 Å². The van der Waals surface area contributed by atoms with Gasteiger partial charge in [0, 0.05) is 11.9 Å². The number of thioether (sulfide) groups is 1. The Kier molecular flexibility index (Phi) is 3.50. The van der Waals surface area contributed by atoms with Gasteiger partial charge in [-0.3, -0.25) is 9.36 Å². The Morgan fingerprint density at radius 3 is 2.81 bits per heavy atom. The van der Waals surface area contributed by atoms with Gasteiger partial charge in [0.1, 0.15) is 5.65 Å². The molecule has 0 saturated heterocycles. The van der Waals surface area contributed by atoms with E-state index in [4.69, 9.17) is 0 Å². The Bertz CT molecular complexity index is 854. The molecule has 0 amide bonds. The second kappa shape index (κ2) is 5.33. The molecular formula is C14H15N5OS. The number of fused-ring (bicyclic) bond motifs is 1. The van der Waals surface area contributed by atoms with Crippen LogP contribution in [0.1, 0.15) is 12.6 Å². The Morgan fingerprint density at radius 1 is 1.38 bits per heavy atom. The summed E-state index contributed by atoms with van der Waals surface area (Å²) in [6.45, 7) is 4.43. The highest BCUT2D eigenvalue weighted by atomic mass is 32.2. The number of nitrogens with one attached hydrogen (secondary N) is 1. The van der Waals surface area contributed by atoms with Gasteiger partial charge in [-0.2, -0.15) is 0 Å². The van der Waals surface area contributed by atoms with Gasteiger partial charge in [-0.1, -0.05) is 11.8 Å². The van der Waals surface area contributed by atoms with Gasteiger partial charge in [-0.25, -0.2) is 15.0 Å². The zero-order valence-corrected chi connectivity index (χ0v) is 12.9. The molecule has 3 aromatic heterocycles. The van der Waals surface area contributed by atoms with Crippen LogP contribution in [0, 0.1) is 6.92 Å². The van der Waals surface area contributed by atoms with Crippen LogP contribution in [0.2, 0.25) is 0 Å². The van der Waals surface area contributed by atoms with E-state index in [1.54, 1.807) is 17.1 Å². The number of nitrogens with zero attached hydrogens (tertiary/aromatic N) is 4. The fraction of sp³-hybridized carbons (Fsp3) is 0.286. The average molecular weight is 301 g/mol. The molecule has 3 rings (SSSR count). The quantitative estimate of drug-likeness (QED) is 0.593. The van der Waals surface area contributed by atoms with E-state index < -0.39 is 0 Å². The molecule has 0 spiro atoms. The maximum Gasteiger partial charge on any atom is 0.261 e. The minimum Gasteiger partial charge on any atom is -0.344 e. The summed E-state index contributed by atoms with van der Waals surface area (Å²) in [6, 6.07) is 1.84. The molecular weight excluding hydrogens is 286 g/mol. The van der Waals surface area contributed by atoms with Gasteiger partial charge in [-0.15, -0.1) is 0 Å². The summed E-state index contributed by atoms with van der Waals surface area (Å²) in [6.07, 6.45) is 5.14. The van der Waals surface area contributed by atoms with Gasteiger partial charge in [0.15, 0.2) is 5.16 Å². The van der Waals surface area contributed by atoms with E-state index in [0.29, 0.717) is 28.6 Å². The maximum absolute atomic E-state index is 12.7. The van der Waals surface area contributed by atoms with Crippen molar-refractivity contribution in [2.45, 2.75) is 25.5 Å². The number of aromatic amines is 1. The summed E-state index contributed by atoms with van der Waals surface area (Å²) in [7, 11) is 0. The topological polar surface area (TPSA) is 76.5 Å². The van der Waals surface area contributed by atoms with Crippen LogP contribution in [0.4, 0.5) is 0 Å². The van der Waals surface area contributed by atoms with Crippen molar-refractivity contribution in [3.8, 4) is 11.3 Å². The lowest BCUT2D eigenvalue weighted by atomic mass is 10.1. The number of hydrogen-bond donors (Lipinski definition) is 1. The number of pyridine rings is 1. The summed E-state index contributed by atoms with van der Waals surface area (Å²) in [4.78, 5) is 28.6. The van der Waals surface area contributed by atoms with Crippen molar-refractivity contribution in [1.29, 1.82) is 0 Å². The molecule has 0 bridgehead atoms. The Morgan fingerprint density at radius 2 is 2.19 bits per heavy atom. The normalized spacial score (nSPS) is 11.2. The molecule has 21 heavy (non-hydrogen) atoms. The van der Waals surface area contributed by atoms with Crippen molar-refractivity contribution >= 4 is 22.8 Å². The minimum atomic E-state index is -0.0700. The Labute approximate surface area is 125 Å². The van der Waals surface area contributed by atoms with E-state index in [1.165, 1.54) is 11.8 Å². The first kappa shape index (κ1) is 13.8. The summed E-state index contributed by atoms with van der Waals surface area (Å²) >= 11 is 1.47. The first-order valence-corrected chi connectivity index (χ1v) is 7.83. The van der Waals surface area contributed by atoms with Gasteiger partial charge >= 0.3 is 0 Å². The average Bonchev–Trinajstić information content (AvgIpc) is 3.00. The molecule has 6 nitrogen and oxygen atoms in total. The molecule has 0 saturated carbocycles. The number of hydrogen-bond acceptors (Lipinski definition) is 5. The van der Waals surface area contributed by atoms with E-state index in [1.807, 2.05) is 26.2 Å². The van der Waals surface area contributed by atoms with Gasteiger partial charge in [0.25, 0.3) is 5.56 Å². The monoisotopic (exact) mass is 301 g/mol. The molecule has 0 atom stereocenters. The molecule has 1 N–H and O–H groups in total. The largest absolute Gasteiger partial charge is 0.344 e. The SMILES string of the molecule is CCn1c(=O)c(-c2cnc[nH]2)cc2c(C)nc(SC)nc21. The summed E-state index contributed by atoms with van der Waals surface area (Å²) < 4.78 is 1.68. The highest BCUT2D eigenvalue weighted by Gasteiger charge is 2.15. The smallest absolute Gasteiger partial charge is 0.261 e. The van der Waals surface area contributed by atoms with Crippen LogP contribution in [0.5, 0.6) is 0 Å². The third-order valence-electron chi connectivity index (χ3n) is 3.40. The summed E-state index contributed by atoms with van der Waals surface area (Å²) in [5.74, 6) is 0. The second-order valence-electron chi connectivity index (χ2n) is 4.61. The lowest BCUT2D eigenvalue weighted by Gasteiger charge is -2.12. The molecule has 0 aliphatic carbocycles. The maximum atomic E-state index is 12.7. The minimum absolute atomic E-state index is 0.0700. The Balaban J connectivity index is 2.42. The fourth-order valence-corrected chi connectivity index (χ4v) is 2.75. The van der Waals surface area contributed by atoms with Gasteiger partial charge in [0.05, 0.1) is 29.5 Å². The number of rotatable bonds is 3. The van der Waals surface area contributed by atoms with Crippen LogP contribution in [0.25, 0.3) is 22.3 Å². The van der Waals surface area contributed by atoms with E-state index >= 15 is 0 Å². The lowest BCUT2D eigenvalue weighted by Crippen LogP contribution is -2.22. The molecule has 0 unspecified atom stereocenters. The van der Waals surface area contributed by atoms with E-state index in [-0.39, 0.29) is 5.56 Å². The van der Waals surface area contributed by atoms with Crippen LogP contribution in [0.15, 0.2) is 28.5 Å². The van der Waals surface area contributed by atoms with Crippen molar-refractivity contribution in [1.82, 2.24) is 24.5 Å². The molecule has 3 heterocycles. The van der Waals surface area contributed by atoms with Crippen molar-refractivity contribution in [3.63, 3.8) is 0 Å². The molecule has 0 radical (unpaired) electrons. The number of imidazole rings is 1. The number of H-pyrrole nitrogens is 1. The molecule has 0 aliphatic heterocycles. The number of aryl methyl sites for hydroxylation is 2. The fourth-order valence-electron chi connectivity index (χ4n) is 2.34.